The second kappa shape index (κ2) is 20.7. The molecule has 0 aromatic heterocycles. The summed E-state index contributed by atoms with van der Waals surface area (Å²) in [7, 11) is 0. The first kappa shape index (κ1) is 34.0. The van der Waals surface area contributed by atoms with E-state index in [1.165, 1.54) is 12.8 Å². The van der Waals surface area contributed by atoms with E-state index in [0.29, 0.717) is 30.3 Å². The van der Waals surface area contributed by atoms with E-state index >= 15 is 0 Å². The number of nitriles is 1. The maximum Gasteiger partial charge on any atom is 0.349 e. The molecule has 1 atom stereocenters. The number of carbonyl (C=O) groups is 2. The Morgan fingerprint density at radius 1 is 0.690 bits per heavy atom. The van der Waals surface area contributed by atoms with Gasteiger partial charge in [0, 0.05) is 5.57 Å². The summed E-state index contributed by atoms with van der Waals surface area (Å²) < 4.78 is 10.7. The monoisotopic (exact) mass is 567 g/mol. The third kappa shape index (κ3) is 12.1. The number of rotatable bonds is 15. The number of carbonyl (C=O) groups excluding carboxylic acids is 2. The molecule has 5 heteroatoms. The van der Waals surface area contributed by atoms with E-state index in [-0.39, 0.29) is 11.5 Å². The van der Waals surface area contributed by atoms with Crippen LogP contribution in [-0.4, -0.2) is 25.2 Å². The number of nitrogens with zero attached hydrogens (tertiary/aromatic N) is 1. The van der Waals surface area contributed by atoms with Crippen LogP contribution in [0.5, 0.6) is 0 Å². The van der Waals surface area contributed by atoms with Crippen LogP contribution in [0.15, 0.2) is 96.6 Å². The van der Waals surface area contributed by atoms with Gasteiger partial charge in [-0.25, -0.2) is 9.59 Å². The molecule has 0 bridgehead atoms. The van der Waals surface area contributed by atoms with Crippen molar-refractivity contribution in [1.29, 1.82) is 5.26 Å². The van der Waals surface area contributed by atoms with Crippen molar-refractivity contribution in [3.05, 3.63) is 113 Å². The lowest BCUT2D eigenvalue weighted by molar-refractivity contribution is -0.139. The molecule has 0 heterocycles. The van der Waals surface area contributed by atoms with E-state index in [1.807, 2.05) is 78.9 Å². The summed E-state index contributed by atoms with van der Waals surface area (Å²) in [5, 5.41) is 9.74. The van der Waals surface area contributed by atoms with Crippen LogP contribution in [-0.2, 0) is 14.3 Å². The van der Waals surface area contributed by atoms with Crippen LogP contribution in [0.1, 0.15) is 93.6 Å². The highest BCUT2D eigenvalue weighted by Crippen LogP contribution is 2.27. The van der Waals surface area contributed by atoms with Gasteiger partial charge in [0.05, 0.1) is 18.8 Å². The van der Waals surface area contributed by atoms with Gasteiger partial charge in [0.25, 0.3) is 0 Å². The predicted octanol–water partition coefficient (Wildman–Crippen LogP) is 9.20. The van der Waals surface area contributed by atoms with E-state index in [1.54, 1.807) is 12.1 Å². The number of hydrogen-bond acceptors (Lipinski definition) is 5. The van der Waals surface area contributed by atoms with Crippen molar-refractivity contribution < 1.29 is 19.1 Å². The van der Waals surface area contributed by atoms with Crippen LogP contribution in [0.2, 0.25) is 0 Å². The lowest BCUT2D eigenvalue weighted by Gasteiger charge is -2.16. The summed E-state index contributed by atoms with van der Waals surface area (Å²) >= 11 is 0. The van der Waals surface area contributed by atoms with Gasteiger partial charge in [0.1, 0.15) is 11.6 Å². The molecule has 0 amide bonds. The Hall–Kier alpha value is -4.17. The van der Waals surface area contributed by atoms with Crippen LogP contribution >= 0.6 is 0 Å². The second-order valence-corrected chi connectivity index (χ2v) is 10.2. The van der Waals surface area contributed by atoms with Gasteiger partial charge >= 0.3 is 11.9 Å². The van der Waals surface area contributed by atoms with Crippen LogP contribution in [0.25, 0.3) is 5.57 Å². The standard InChI is InChI=1S/C24H27NO2.C13H18O2/c1-3-5-12-19(4-2)18-27-24(26)22(17-25)23(20-13-8-6-9-14-20)21-15-10-7-11-16-21;1-2-3-4-8-11-15-13(14)12-9-6-5-7-10-12/h6-11,13-16,19H,3-5,12,18H2,1-2H3;5-7,9-10H,2-4,8,11H2,1H3. The zero-order chi connectivity index (χ0) is 30.4. The Morgan fingerprint density at radius 3 is 1.69 bits per heavy atom. The number of unbranched alkanes of at least 4 members (excludes halogenated alkanes) is 4. The molecule has 0 saturated heterocycles. The molecular formula is C37H45NO4. The summed E-state index contributed by atoms with van der Waals surface area (Å²) in [5.74, 6) is -0.423. The number of ether oxygens (including phenoxy) is 2. The minimum atomic E-state index is -0.546. The van der Waals surface area contributed by atoms with Crippen molar-refractivity contribution in [3.63, 3.8) is 0 Å². The van der Waals surface area contributed by atoms with Gasteiger partial charge in [-0.2, -0.15) is 5.26 Å². The fraction of sp³-hybridized carbons (Fsp3) is 0.378. The molecule has 222 valence electrons. The maximum atomic E-state index is 12.8. The van der Waals surface area contributed by atoms with E-state index < -0.39 is 5.97 Å². The third-order valence-electron chi connectivity index (χ3n) is 6.92. The van der Waals surface area contributed by atoms with Gasteiger partial charge in [-0.05, 0) is 42.0 Å². The van der Waals surface area contributed by atoms with Crippen LogP contribution in [0.3, 0.4) is 0 Å². The van der Waals surface area contributed by atoms with Gasteiger partial charge in [0.15, 0.2) is 0 Å². The molecule has 0 radical (unpaired) electrons. The zero-order valence-corrected chi connectivity index (χ0v) is 25.4. The topological polar surface area (TPSA) is 76.4 Å². The first-order valence-electron chi connectivity index (χ1n) is 15.2. The predicted molar refractivity (Wildman–Crippen MR) is 170 cm³/mol. The quantitative estimate of drug-likeness (QED) is 0.0792. The molecular weight excluding hydrogens is 522 g/mol. The van der Waals surface area contributed by atoms with E-state index in [0.717, 1.165) is 49.7 Å². The van der Waals surface area contributed by atoms with Crippen molar-refractivity contribution >= 4 is 17.5 Å². The fourth-order valence-electron chi connectivity index (χ4n) is 4.38. The van der Waals surface area contributed by atoms with Crippen molar-refractivity contribution in [1.82, 2.24) is 0 Å². The van der Waals surface area contributed by atoms with Gasteiger partial charge in [0.2, 0.25) is 0 Å². The maximum absolute atomic E-state index is 12.8. The highest BCUT2D eigenvalue weighted by atomic mass is 16.5. The normalized spacial score (nSPS) is 10.8. The number of benzene rings is 3. The molecule has 0 aliphatic rings. The number of hydrogen-bond donors (Lipinski definition) is 0. The average Bonchev–Trinajstić information content (AvgIpc) is 3.05. The zero-order valence-electron chi connectivity index (χ0n) is 25.4. The highest BCUT2D eigenvalue weighted by Gasteiger charge is 2.21. The molecule has 42 heavy (non-hydrogen) atoms. The largest absolute Gasteiger partial charge is 0.462 e. The van der Waals surface area contributed by atoms with Crippen LogP contribution in [0.4, 0.5) is 0 Å². The van der Waals surface area contributed by atoms with E-state index in [2.05, 4.69) is 26.8 Å². The molecule has 0 aliphatic heterocycles. The van der Waals surface area contributed by atoms with Crippen LogP contribution < -0.4 is 0 Å². The molecule has 3 aromatic rings. The Morgan fingerprint density at radius 2 is 1.21 bits per heavy atom. The molecule has 0 fully saturated rings. The van der Waals surface area contributed by atoms with E-state index in [9.17, 15) is 14.9 Å². The van der Waals surface area contributed by atoms with Crippen molar-refractivity contribution in [3.8, 4) is 6.07 Å². The molecule has 0 aliphatic carbocycles. The van der Waals surface area contributed by atoms with Gasteiger partial charge in [-0.1, -0.05) is 138 Å². The molecule has 0 N–H and O–H groups in total. The van der Waals surface area contributed by atoms with Gasteiger partial charge in [-0.3, -0.25) is 0 Å². The average molecular weight is 568 g/mol. The van der Waals surface area contributed by atoms with E-state index in [4.69, 9.17) is 9.47 Å². The second-order valence-electron chi connectivity index (χ2n) is 10.2. The lowest BCUT2D eigenvalue weighted by Crippen LogP contribution is -2.16. The van der Waals surface area contributed by atoms with Gasteiger partial charge in [-0.15, -0.1) is 0 Å². The Bertz CT molecular complexity index is 1210. The fourth-order valence-corrected chi connectivity index (χ4v) is 4.38. The molecule has 0 saturated carbocycles. The molecule has 1 unspecified atom stereocenters. The highest BCUT2D eigenvalue weighted by molar-refractivity contribution is 6.05. The number of esters is 2. The molecule has 0 spiro atoms. The van der Waals surface area contributed by atoms with Crippen molar-refractivity contribution in [2.45, 2.75) is 72.1 Å². The molecule has 3 rings (SSSR count). The van der Waals surface area contributed by atoms with Crippen LogP contribution in [0, 0.1) is 17.2 Å². The first-order valence-corrected chi connectivity index (χ1v) is 15.2. The third-order valence-corrected chi connectivity index (χ3v) is 6.92. The molecule has 3 aromatic carbocycles. The van der Waals surface area contributed by atoms with Gasteiger partial charge < -0.3 is 9.47 Å². The summed E-state index contributed by atoms with van der Waals surface area (Å²) in [6.07, 6.45) is 8.76. The minimum Gasteiger partial charge on any atom is -0.462 e. The summed E-state index contributed by atoms with van der Waals surface area (Å²) in [4.78, 5) is 24.2. The smallest absolute Gasteiger partial charge is 0.349 e. The van der Waals surface area contributed by atoms with Crippen molar-refractivity contribution in [2.24, 2.45) is 5.92 Å². The Kier molecular flexibility index (Phi) is 16.7. The first-order chi connectivity index (χ1) is 20.5. The van der Waals surface area contributed by atoms with Crippen molar-refractivity contribution in [2.75, 3.05) is 13.2 Å². The lowest BCUT2D eigenvalue weighted by atomic mass is 9.93. The summed E-state index contributed by atoms with van der Waals surface area (Å²) in [5.41, 5.74) is 2.96. The minimum absolute atomic E-state index is 0.0535. The summed E-state index contributed by atoms with van der Waals surface area (Å²) in [6, 6.07) is 30.2. The molecule has 5 nitrogen and oxygen atoms in total. The Labute approximate surface area is 252 Å². The summed E-state index contributed by atoms with van der Waals surface area (Å²) in [6.45, 7) is 7.32. The Balaban J connectivity index is 0.000000347. The SMILES string of the molecule is CCCCC(CC)COC(=O)C(C#N)=C(c1ccccc1)c1ccccc1.CCCCCCOC(=O)c1ccccc1.